The predicted molar refractivity (Wildman–Crippen MR) is 114 cm³/mol. The van der Waals surface area contributed by atoms with Crippen molar-refractivity contribution in [1.29, 1.82) is 0 Å². The topological polar surface area (TPSA) is 78.0 Å². The minimum absolute atomic E-state index is 0.114. The number of aliphatic carboxylic acids is 1. The number of H-pyrrole nitrogens is 1. The molecule has 4 rings (SSSR count). The first-order valence-electron chi connectivity index (χ1n) is 9.43. The highest BCUT2D eigenvalue weighted by atomic mass is 35.5. The smallest absolute Gasteiger partial charge is 0.321 e. The molecule has 0 fully saturated rings. The minimum Gasteiger partial charge on any atom is -0.480 e. The molecule has 0 aliphatic rings. The molecule has 4 aromatic rings. The van der Waals surface area contributed by atoms with Crippen molar-refractivity contribution in [3.63, 3.8) is 0 Å². The van der Waals surface area contributed by atoms with E-state index >= 15 is 0 Å². The molecule has 1 unspecified atom stereocenters. The lowest BCUT2D eigenvalue weighted by atomic mass is 9.97. The van der Waals surface area contributed by atoms with E-state index in [4.69, 9.17) is 11.6 Å². The van der Waals surface area contributed by atoms with E-state index in [1.54, 1.807) is 18.2 Å². The molecule has 0 bridgehead atoms. The highest BCUT2D eigenvalue weighted by Crippen LogP contribution is 2.25. The third-order valence-electron chi connectivity index (χ3n) is 4.89. The van der Waals surface area contributed by atoms with E-state index in [1.165, 1.54) is 12.1 Å². The molecule has 0 radical (unpaired) electrons. The molecule has 1 heterocycles. The van der Waals surface area contributed by atoms with Crippen molar-refractivity contribution < 1.29 is 14.3 Å². The van der Waals surface area contributed by atoms with Crippen LogP contribution in [0.1, 0.15) is 23.0 Å². The number of imidazole rings is 1. The Morgan fingerprint density at radius 2 is 1.77 bits per heavy atom. The maximum atomic E-state index is 13.4. The second kappa shape index (κ2) is 8.65. The van der Waals surface area contributed by atoms with Gasteiger partial charge in [-0.1, -0.05) is 54.1 Å². The van der Waals surface area contributed by atoms with E-state index in [1.807, 2.05) is 42.5 Å². The van der Waals surface area contributed by atoms with Gasteiger partial charge in [-0.25, -0.2) is 9.37 Å². The molecule has 1 aromatic heterocycles. The van der Waals surface area contributed by atoms with Crippen LogP contribution in [0.15, 0.2) is 72.8 Å². The van der Waals surface area contributed by atoms with Gasteiger partial charge >= 0.3 is 5.97 Å². The molecule has 0 saturated carbocycles. The van der Waals surface area contributed by atoms with Gasteiger partial charge in [-0.2, -0.15) is 0 Å². The summed E-state index contributed by atoms with van der Waals surface area (Å²) >= 11 is 6.02. The SMILES string of the molecule is O=C(O)[C@@H](Cc1nc2ccc(F)cc2[nH]1)NC(c1ccccc1)c1ccc(Cl)cc1. The van der Waals surface area contributed by atoms with Gasteiger partial charge in [0.2, 0.25) is 0 Å². The number of carboxylic acids is 1. The molecule has 7 heteroatoms. The zero-order valence-corrected chi connectivity index (χ0v) is 16.6. The van der Waals surface area contributed by atoms with Crippen molar-refractivity contribution in [2.24, 2.45) is 0 Å². The molecule has 2 atom stereocenters. The Balaban J connectivity index is 1.64. The highest BCUT2D eigenvalue weighted by Gasteiger charge is 2.25. The maximum absolute atomic E-state index is 13.4. The second-order valence-electron chi connectivity index (χ2n) is 7.00. The van der Waals surface area contributed by atoms with E-state index < -0.39 is 12.0 Å². The molecule has 30 heavy (non-hydrogen) atoms. The lowest BCUT2D eigenvalue weighted by molar-refractivity contribution is -0.139. The second-order valence-corrected chi connectivity index (χ2v) is 7.44. The van der Waals surface area contributed by atoms with Crippen molar-refractivity contribution in [3.05, 3.63) is 101 Å². The largest absolute Gasteiger partial charge is 0.480 e. The van der Waals surface area contributed by atoms with Crippen LogP contribution in [0.4, 0.5) is 4.39 Å². The maximum Gasteiger partial charge on any atom is 0.321 e. The quantitative estimate of drug-likeness (QED) is 0.401. The van der Waals surface area contributed by atoms with E-state index in [9.17, 15) is 14.3 Å². The van der Waals surface area contributed by atoms with Gasteiger partial charge in [0, 0.05) is 11.4 Å². The fourth-order valence-corrected chi connectivity index (χ4v) is 3.56. The van der Waals surface area contributed by atoms with Crippen LogP contribution in [0.2, 0.25) is 5.02 Å². The summed E-state index contributed by atoms with van der Waals surface area (Å²) in [4.78, 5) is 19.4. The molecule has 3 aromatic carbocycles. The lowest BCUT2D eigenvalue weighted by Crippen LogP contribution is -2.41. The van der Waals surface area contributed by atoms with Crippen LogP contribution < -0.4 is 5.32 Å². The molecular weight excluding hydrogens is 405 g/mol. The lowest BCUT2D eigenvalue weighted by Gasteiger charge is -2.24. The average molecular weight is 424 g/mol. The minimum atomic E-state index is -1.00. The molecule has 0 saturated heterocycles. The van der Waals surface area contributed by atoms with Crippen molar-refractivity contribution in [3.8, 4) is 0 Å². The Morgan fingerprint density at radius 1 is 1.07 bits per heavy atom. The van der Waals surface area contributed by atoms with Crippen LogP contribution in [0, 0.1) is 5.82 Å². The van der Waals surface area contributed by atoms with Crippen LogP contribution in [-0.4, -0.2) is 27.1 Å². The van der Waals surface area contributed by atoms with Gasteiger partial charge in [0.25, 0.3) is 0 Å². The molecule has 5 nitrogen and oxygen atoms in total. The van der Waals surface area contributed by atoms with Crippen LogP contribution in [-0.2, 0) is 11.2 Å². The number of carbonyl (C=O) groups is 1. The Kier molecular flexibility index (Phi) is 5.79. The van der Waals surface area contributed by atoms with Crippen molar-refractivity contribution in [1.82, 2.24) is 15.3 Å². The van der Waals surface area contributed by atoms with Gasteiger partial charge in [0.15, 0.2) is 0 Å². The number of carboxylic acid groups (broad SMARTS) is 1. The number of aromatic amines is 1. The van der Waals surface area contributed by atoms with Crippen LogP contribution in [0.3, 0.4) is 0 Å². The summed E-state index contributed by atoms with van der Waals surface area (Å²) in [6.07, 6.45) is 0.114. The van der Waals surface area contributed by atoms with Gasteiger partial charge in [0.1, 0.15) is 17.7 Å². The third-order valence-corrected chi connectivity index (χ3v) is 5.14. The first-order chi connectivity index (χ1) is 14.5. The first-order valence-corrected chi connectivity index (χ1v) is 9.81. The number of hydrogen-bond donors (Lipinski definition) is 3. The first kappa shape index (κ1) is 20.1. The summed E-state index contributed by atoms with van der Waals surface area (Å²) in [6, 6.07) is 19.8. The van der Waals surface area contributed by atoms with Crippen LogP contribution in [0.5, 0.6) is 0 Å². The number of benzene rings is 3. The number of rotatable bonds is 7. The standard InChI is InChI=1S/C23H19ClFN3O2/c24-16-8-6-15(7-9-16)22(14-4-2-1-3-5-14)28-20(23(29)30)13-21-26-18-11-10-17(25)12-19(18)27-21/h1-12,20,22,28H,13H2,(H,26,27)(H,29,30)/t20-,22?/m1/s1. The van der Waals surface area contributed by atoms with E-state index in [-0.39, 0.29) is 18.3 Å². The summed E-state index contributed by atoms with van der Waals surface area (Å²) in [5, 5.41) is 13.7. The van der Waals surface area contributed by atoms with Crippen molar-refractivity contribution in [2.45, 2.75) is 18.5 Å². The average Bonchev–Trinajstić information content (AvgIpc) is 3.14. The van der Waals surface area contributed by atoms with Crippen molar-refractivity contribution >= 4 is 28.6 Å². The van der Waals surface area contributed by atoms with Gasteiger partial charge < -0.3 is 10.1 Å². The number of hydrogen-bond acceptors (Lipinski definition) is 3. The monoisotopic (exact) mass is 423 g/mol. The molecule has 3 N–H and O–H groups in total. The van der Waals surface area contributed by atoms with Gasteiger partial charge in [-0.3, -0.25) is 10.1 Å². The van der Waals surface area contributed by atoms with E-state index in [2.05, 4.69) is 15.3 Å². The van der Waals surface area contributed by atoms with Crippen LogP contribution >= 0.6 is 11.6 Å². The Morgan fingerprint density at radius 3 is 2.47 bits per heavy atom. The fraction of sp³-hybridized carbons (Fsp3) is 0.130. The number of halogens is 2. The molecular formula is C23H19ClFN3O2. The van der Waals surface area contributed by atoms with Crippen LogP contribution in [0.25, 0.3) is 11.0 Å². The zero-order chi connectivity index (χ0) is 21.1. The summed E-state index contributed by atoms with van der Waals surface area (Å²) in [7, 11) is 0. The fourth-order valence-electron chi connectivity index (χ4n) is 3.43. The predicted octanol–water partition coefficient (Wildman–Crippen LogP) is 4.73. The number of nitrogens with zero attached hydrogens (tertiary/aromatic N) is 1. The summed E-state index contributed by atoms with van der Waals surface area (Å²) in [6.45, 7) is 0. The zero-order valence-electron chi connectivity index (χ0n) is 15.8. The number of fused-ring (bicyclic) bond motifs is 1. The van der Waals surface area contributed by atoms with E-state index in [0.717, 1.165) is 11.1 Å². The summed E-state index contributed by atoms with van der Waals surface area (Å²) in [5.74, 6) is -0.910. The molecule has 0 aliphatic carbocycles. The Bertz CT molecular complexity index is 1160. The highest BCUT2D eigenvalue weighted by molar-refractivity contribution is 6.30. The third kappa shape index (κ3) is 4.50. The van der Waals surface area contributed by atoms with Gasteiger partial charge in [-0.15, -0.1) is 0 Å². The van der Waals surface area contributed by atoms with Crippen molar-refractivity contribution in [2.75, 3.05) is 0 Å². The normalized spacial score (nSPS) is 13.3. The Hall–Kier alpha value is -3.22. The van der Waals surface area contributed by atoms with E-state index in [0.29, 0.717) is 21.9 Å². The molecule has 0 amide bonds. The van der Waals surface area contributed by atoms with Gasteiger partial charge in [-0.05, 0) is 41.5 Å². The Labute approximate surface area is 177 Å². The summed E-state index contributed by atoms with van der Waals surface area (Å²) in [5.41, 5.74) is 2.94. The summed E-state index contributed by atoms with van der Waals surface area (Å²) < 4.78 is 13.4. The number of nitrogens with one attached hydrogen (secondary N) is 2. The molecule has 0 aliphatic heterocycles. The molecule has 0 spiro atoms. The number of aromatic nitrogens is 2. The van der Waals surface area contributed by atoms with Gasteiger partial charge in [0.05, 0.1) is 17.1 Å². The molecule has 152 valence electrons.